The molecule has 0 saturated carbocycles. The molecule has 0 bridgehead atoms. The molecular weight excluding hydrogens is 268 g/mol. The number of carbonyl (C=O) groups is 2. The minimum atomic E-state index is -0.577. The van der Waals surface area contributed by atoms with Crippen LogP contribution in [0.3, 0.4) is 0 Å². The number of carbonyl (C=O) groups excluding carboxylic acids is 2. The van der Waals surface area contributed by atoms with Gasteiger partial charge in [0, 0.05) is 0 Å². The van der Waals surface area contributed by atoms with Gasteiger partial charge >= 0.3 is 11.9 Å². The Morgan fingerprint density at radius 1 is 0.700 bits per heavy atom. The number of hydrogen-bond acceptors (Lipinski definition) is 8. The largest absolute Gasteiger partial charge is 0.462 e. The van der Waals surface area contributed by atoms with Crippen molar-refractivity contribution < 1.29 is 28.5 Å². The summed E-state index contributed by atoms with van der Waals surface area (Å²) in [4.78, 5) is 21.5. The molecule has 0 saturated heterocycles. The van der Waals surface area contributed by atoms with E-state index >= 15 is 0 Å². The van der Waals surface area contributed by atoms with Crippen molar-refractivity contribution in [1.29, 1.82) is 10.5 Å². The van der Waals surface area contributed by atoms with E-state index < -0.39 is 11.9 Å². The molecule has 0 aliphatic rings. The number of rotatable bonds is 11. The first-order valence-corrected chi connectivity index (χ1v) is 5.91. The summed E-state index contributed by atoms with van der Waals surface area (Å²) in [6.45, 7) is 1.23. The van der Waals surface area contributed by atoms with Crippen LogP contribution in [0.4, 0.5) is 0 Å². The number of esters is 2. The van der Waals surface area contributed by atoms with E-state index in [0.717, 1.165) is 0 Å². The van der Waals surface area contributed by atoms with Crippen molar-refractivity contribution in [1.82, 2.24) is 0 Å². The predicted octanol–water partition coefficient (Wildman–Crippen LogP) is -0.0666. The van der Waals surface area contributed by atoms with Crippen molar-refractivity contribution in [3.63, 3.8) is 0 Å². The van der Waals surface area contributed by atoms with Gasteiger partial charge in [-0.2, -0.15) is 10.5 Å². The first kappa shape index (κ1) is 17.8. The summed E-state index contributed by atoms with van der Waals surface area (Å²) in [6, 6.07) is 3.35. The molecule has 0 amide bonds. The molecular formula is C12H16N2O6. The summed E-state index contributed by atoms with van der Waals surface area (Å²) < 4.78 is 19.5. The van der Waals surface area contributed by atoms with E-state index in [9.17, 15) is 9.59 Å². The van der Waals surface area contributed by atoms with Gasteiger partial charge in [0.2, 0.25) is 0 Å². The standard InChI is InChI=1S/C12H16N2O6/c13-3-1-11(15)19-9-7-17-5-6-18-8-10-20-12(16)2-4-14/h1-2,5-10H2. The zero-order chi connectivity index (χ0) is 15.1. The molecule has 0 unspecified atom stereocenters. The summed E-state index contributed by atoms with van der Waals surface area (Å²) in [5.41, 5.74) is 0. The SMILES string of the molecule is N#CCC(=O)OCCOCCOCCOC(=O)CC#N. The number of hydrogen-bond donors (Lipinski definition) is 0. The van der Waals surface area contributed by atoms with Gasteiger partial charge in [0.25, 0.3) is 0 Å². The monoisotopic (exact) mass is 284 g/mol. The lowest BCUT2D eigenvalue weighted by atomic mass is 10.5. The van der Waals surface area contributed by atoms with E-state index in [1.807, 2.05) is 0 Å². The molecule has 8 heteroatoms. The maximum atomic E-state index is 10.8. The van der Waals surface area contributed by atoms with Gasteiger partial charge in [0.05, 0.1) is 38.6 Å². The van der Waals surface area contributed by atoms with Crippen LogP contribution in [0.15, 0.2) is 0 Å². The molecule has 0 spiro atoms. The molecule has 0 heterocycles. The van der Waals surface area contributed by atoms with Crippen LogP contribution in [0.25, 0.3) is 0 Å². The first-order valence-electron chi connectivity index (χ1n) is 5.91. The van der Waals surface area contributed by atoms with Gasteiger partial charge in [-0.3, -0.25) is 9.59 Å². The van der Waals surface area contributed by atoms with E-state index in [1.165, 1.54) is 0 Å². The summed E-state index contributed by atoms with van der Waals surface area (Å²) in [5, 5.41) is 16.4. The normalized spacial score (nSPS) is 9.30. The molecule has 0 aromatic heterocycles. The van der Waals surface area contributed by atoms with Crippen molar-refractivity contribution in [3.8, 4) is 12.1 Å². The Bertz CT molecular complexity index is 335. The third-order valence-electron chi connectivity index (χ3n) is 1.80. The Labute approximate surface area is 116 Å². The molecule has 0 fully saturated rings. The van der Waals surface area contributed by atoms with Crippen LogP contribution in [0.5, 0.6) is 0 Å². The maximum Gasteiger partial charge on any atom is 0.320 e. The van der Waals surface area contributed by atoms with Crippen LogP contribution in [0.1, 0.15) is 12.8 Å². The van der Waals surface area contributed by atoms with Crippen LogP contribution >= 0.6 is 0 Å². The molecule has 0 aliphatic heterocycles. The highest BCUT2D eigenvalue weighted by Crippen LogP contribution is 1.87. The van der Waals surface area contributed by atoms with E-state index in [2.05, 4.69) is 9.47 Å². The van der Waals surface area contributed by atoms with Crippen molar-refractivity contribution in [2.24, 2.45) is 0 Å². The topological polar surface area (TPSA) is 119 Å². The van der Waals surface area contributed by atoms with Crippen LogP contribution in [0, 0.1) is 22.7 Å². The minimum Gasteiger partial charge on any atom is -0.462 e. The van der Waals surface area contributed by atoms with Gasteiger partial charge in [-0.15, -0.1) is 0 Å². The smallest absolute Gasteiger partial charge is 0.320 e. The van der Waals surface area contributed by atoms with Gasteiger partial charge in [0.15, 0.2) is 0 Å². The Kier molecular flexibility index (Phi) is 11.8. The van der Waals surface area contributed by atoms with Crippen LogP contribution in [-0.4, -0.2) is 51.6 Å². The highest BCUT2D eigenvalue weighted by molar-refractivity contribution is 5.72. The number of nitrogens with zero attached hydrogens (tertiary/aromatic N) is 2. The van der Waals surface area contributed by atoms with Crippen LogP contribution in [-0.2, 0) is 28.5 Å². The molecule has 0 N–H and O–H groups in total. The molecule has 0 aromatic carbocycles. The Hall–Kier alpha value is -2.16. The fourth-order valence-electron chi connectivity index (χ4n) is 0.982. The Morgan fingerprint density at radius 3 is 1.40 bits per heavy atom. The third-order valence-corrected chi connectivity index (χ3v) is 1.80. The third kappa shape index (κ3) is 12.3. The molecule has 0 aliphatic carbocycles. The van der Waals surface area contributed by atoms with Crippen molar-refractivity contribution in [2.45, 2.75) is 12.8 Å². The molecule has 0 aromatic rings. The van der Waals surface area contributed by atoms with Crippen LogP contribution in [0.2, 0.25) is 0 Å². The molecule has 110 valence electrons. The zero-order valence-corrected chi connectivity index (χ0v) is 11.0. The second kappa shape index (κ2) is 13.3. The van der Waals surface area contributed by atoms with Gasteiger partial charge in [-0.25, -0.2) is 0 Å². The van der Waals surface area contributed by atoms with E-state index in [0.29, 0.717) is 13.2 Å². The number of nitriles is 2. The van der Waals surface area contributed by atoms with Gasteiger partial charge in [-0.05, 0) is 0 Å². The average molecular weight is 284 g/mol. The average Bonchev–Trinajstić information content (AvgIpc) is 2.41. The van der Waals surface area contributed by atoms with E-state index in [-0.39, 0.29) is 39.3 Å². The molecule has 0 radical (unpaired) electrons. The van der Waals surface area contributed by atoms with Gasteiger partial charge in [-0.1, -0.05) is 0 Å². The minimum absolute atomic E-state index is 0.0896. The summed E-state index contributed by atoms with van der Waals surface area (Å²) in [7, 11) is 0. The Balaban J connectivity index is 3.18. The van der Waals surface area contributed by atoms with Crippen molar-refractivity contribution in [2.75, 3.05) is 39.6 Å². The second-order valence-electron chi connectivity index (χ2n) is 3.34. The predicted molar refractivity (Wildman–Crippen MR) is 64.0 cm³/mol. The van der Waals surface area contributed by atoms with Crippen molar-refractivity contribution >= 4 is 11.9 Å². The fraction of sp³-hybridized carbons (Fsp3) is 0.667. The summed E-state index contributed by atoms with van der Waals surface area (Å²) in [5.74, 6) is -1.15. The number of ether oxygens (including phenoxy) is 4. The lowest BCUT2D eigenvalue weighted by Gasteiger charge is -2.06. The van der Waals surface area contributed by atoms with Gasteiger partial charge < -0.3 is 18.9 Å². The maximum absolute atomic E-state index is 10.8. The van der Waals surface area contributed by atoms with E-state index in [1.54, 1.807) is 12.1 Å². The lowest BCUT2D eigenvalue weighted by Crippen LogP contribution is -2.14. The second-order valence-corrected chi connectivity index (χ2v) is 3.34. The highest BCUT2D eigenvalue weighted by atomic mass is 16.6. The fourth-order valence-corrected chi connectivity index (χ4v) is 0.982. The molecule has 0 atom stereocenters. The summed E-state index contributed by atoms with van der Waals surface area (Å²) >= 11 is 0. The molecule has 0 rings (SSSR count). The summed E-state index contributed by atoms with van der Waals surface area (Å²) in [6.07, 6.45) is -0.540. The van der Waals surface area contributed by atoms with Crippen LogP contribution < -0.4 is 0 Å². The lowest BCUT2D eigenvalue weighted by molar-refractivity contribution is -0.145. The van der Waals surface area contributed by atoms with E-state index in [4.69, 9.17) is 20.0 Å². The zero-order valence-electron chi connectivity index (χ0n) is 11.0. The first-order chi connectivity index (χ1) is 9.70. The Morgan fingerprint density at radius 2 is 1.05 bits per heavy atom. The quantitative estimate of drug-likeness (QED) is 0.382. The van der Waals surface area contributed by atoms with Gasteiger partial charge in [0.1, 0.15) is 26.1 Å². The highest BCUT2D eigenvalue weighted by Gasteiger charge is 2.01. The molecule has 20 heavy (non-hydrogen) atoms. The molecule has 8 nitrogen and oxygen atoms in total. The van der Waals surface area contributed by atoms with Crippen molar-refractivity contribution in [3.05, 3.63) is 0 Å².